The van der Waals surface area contributed by atoms with Crippen molar-refractivity contribution in [3.05, 3.63) is 35.4 Å². The van der Waals surface area contributed by atoms with Crippen molar-refractivity contribution in [3.8, 4) is 0 Å². The first kappa shape index (κ1) is 15.3. The first-order valence-electron chi connectivity index (χ1n) is 6.82. The monoisotopic (exact) mass is 286 g/mol. The smallest absolute Gasteiger partial charge is 0.323 e. The highest BCUT2D eigenvalue weighted by atomic mass is 19.4. The van der Waals surface area contributed by atoms with Crippen LogP contribution in [0.15, 0.2) is 24.3 Å². The van der Waals surface area contributed by atoms with E-state index in [1.165, 1.54) is 12.1 Å². The molecule has 5 heteroatoms. The summed E-state index contributed by atoms with van der Waals surface area (Å²) in [7, 11) is 0. The number of alkyl halides is 3. The molecular formula is C15H21F3N2. The van der Waals surface area contributed by atoms with Gasteiger partial charge in [-0.3, -0.25) is 0 Å². The lowest BCUT2D eigenvalue weighted by Gasteiger charge is -2.23. The molecule has 1 saturated heterocycles. The minimum Gasteiger partial charge on any atom is -0.323 e. The fourth-order valence-corrected chi connectivity index (χ4v) is 2.68. The average Bonchev–Trinajstić information content (AvgIpc) is 2.67. The molecule has 0 spiro atoms. The Kier molecular flexibility index (Phi) is 4.12. The number of hydrogen-bond donors (Lipinski definition) is 1. The minimum absolute atomic E-state index is 0.244. The van der Waals surface area contributed by atoms with Crippen molar-refractivity contribution in [1.82, 2.24) is 4.90 Å². The summed E-state index contributed by atoms with van der Waals surface area (Å²) in [4.78, 5) is 2.28. The van der Waals surface area contributed by atoms with E-state index in [1.807, 2.05) is 0 Å². The molecule has 1 unspecified atom stereocenters. The number of nitrogens with two attached hydrogens (primary N) is 1. The van der Waals surface area contributed by atoms with E-state index >= 15 is 0 Å². The summed E-state index contributed by atoms with van der Waals surface area (Å²) in [5.41, 5.74) is 6.53. The number of halogens is 3. The standard InChI is InChI=1S/C15H21F3N2/c1-14(2)7-8-20(10-14)9-13(19)11-3-5-12(6-4-11)15(16,17)18/h3-6,13H,7-10,19H2,1-2H3. The Morgan fingerprint density at radius 2 is 1.85 bits per heavy atom. The third-order valence-electron chi connectivity index (χ3n) is 3.88. The average molecular weight is 286 g/mol. The van der Waals surface area contributed by atoms with Crippen molar-refractivity contribution in [2.45, 2.75) is 32.5 Å². The maximum absolute atomic E-state index is 12.5. The molecule has 0 amide bonds. The molecule has 0 saturated carbocycles. The van der Waals surface area contributed by atoms with E-state index in [9.17, 15) is 13.2 Å². The van der Waals surface area contributed by atoms with Crippen LogP contribution in [0.5, 0.6) is 0 Å². The third-order valence-corrected chi connectivity index (χ3v) is 3.88. The molecular weight excluding hydrogens is 265 g/mol. The summed E-state index contributed by atoms with van der Waals surface area (Å²) in [5.74, 6) is 0. The first-order valence-corrected chi connectivity index (χ1v) is 6.82. The van der Waals surface area contributed by atoms with Gasteiger partial charge in [0, 0.05) is 19.1 Å². The zero-order valence-electron chi connectivity index (χ0n) is 11.9. The van der Waals surface area contributed by atoms with Gasteiger partial charge in [-0.05, 0) is 36.1 Å². The van der Waals surface area contributed by atoms with E-state index in [4.69, 9.17) is 5.73 Å². The van der Waals surface area contributed by atoms with Gasteiger partial charge in [-0.15, -0.1) is 0 Å². The highest BCUT2D eigenvalue weighted by molar-refractivity contribution is 5.26. The maximum Gasteiger partial charge on any atom is 0.416 e. The highest BCUT2D eigenvalue weighted by Gasteiger charge is 2.31. The number of hydrogen-bond acceptors (Lipinski definition) is 2. The second-order valence-corrected chi connectivity index (χ2v) is 6.38. The molecule has 0 aliphatic carbocycles. The predicted octanol–water partition coefficient (Wildman–Crippen LogP) is 3.44. The zero-order valence-corrected chi connectivity index (χ0v) is 11.9. The largest absolute Gasteiger partial charge is 0.416 e. The normalized spacial score (nSPS) is 21.1. The van der Waals surface area contributed by atoms with Gasteiger partial charge in [-0.25, -0.2) is 0 Å². The lowest BCUT2D eigenvalue weighted by Crippen LogP contribution is -2.31. The zero-order chi connectivity index (χ0) is 15.0. The van der Waals surface area contributed by atoms with Gasteiger partial charge >= 0.3 is 6.18 Å². The van der Waals surface area contributed by atoms with E-state index in [2.05, 4.69) is 18.7 Å². The molecule has 20 heavy (non-hydrogen) atoms. The summed E-state index contributed by atoms with van der Waals surface area (Å²) in [6, 6.07) is 4.92. The molecule has 0 aromatic heterocycles. The third kappa shape index (κ3) is 3.73. The minimum atomic E-state index is -4.29. The van der Waals surface area contributed by atoms with Crippen molar-refractivity contribution >= 4 is 0 Å². The van der Waals surface area contributed by atoms with Crippen molar-refractivity contribution in [2.75, 3.05) is 19.6 Å². The lowest BCUT2D eigenvalue weighted by atomic mass is 9.93. The van der Waals surface area contributed by atoms with E-state index in [-0.39, 0.29) is 6.04 Å². The lowest BCUT2D eigenvalue weighted by molar-refractivity contribution is -0.137. The van der Waals surface area contributed by atoms with E-state index in [1.54, 1.807) is 0 Å². The fraction of sp³-hybridized carbons (Fsp3) is 0.600. The molecule has 1 fully saturated rings. The number of likely N-dealkylation sites (tertiary alicyclic amines) is 1. The second-order valence-electron chi connectivity index (χ2n) is 6.38. The van der Waals surface area contributed by atoms with Crippen LogP contribution in [0.2, 0.25) is 0 Å². The molecule has 2 N–H and O–H groups in total. The van der Waals surface area contributed by atoms with Gasteiger partial charge < -0.3 is 10.6 Å². The topological polar surface area (TPSA) is 29.3 Å². The number of nitrogens with zero attached hydrogens (tertiary/aromatic N) is 1. The van der Waals surface area contributed by atoms with Crippen LogP contribution >= 0.6 is 0 Å². The van der Waals surface area contributed by atoms with Crippen LogP contribution in [0.1, 0.15) is 37.4 Å². The van der Waals surface area contributed by atoms with Crippen LogP contribution in [0.4, 0.5) is 13.2 Å². The Morgan fingerprint density at radius 3 is 2.30 bits per heavy atom. The Labute approximate surface area is 117 Å². The molecule has 1 aliphatic rings. The highest BCUT2D eigenvalue weighted by Crippen LogP contribution is 2.31. The Balaban J connectivity index is 1.98. The van der Waals surface area contributed by atoms with Crippen LogP contribution in [0.25, 0.3) is 0 Å². The van der Waals surface area contributed by atoms with Crippen molar-refractivity contribution < 1.29 is 13.2 Å². The van der Waals surface area contributed by atoms with Crippen molar-refractivity contribution in [2.24, 2.45) is 11.1 Å². The first-order chi connectivity index (χ1) is 9.17. The molecule has 1 aromatic rings. The SMILES string of the molecule is CC1(C)CCN(CC(N)c2ccc(C(F)(F)F)cc2)C1. The predicted molar refractivity (Wildman–Crippen MR) is 73.2 cm³/mol. The molecule has 1 atom stereocenters. The summed E-state index contributed by atoms with van der Waals surface area (Å²) in [6.07, 6.45) is -3.16. The van der Waals surface area contributed by atoms with Gasteiger partial charge in [0.15, 0.2) is 0 Å². The maximum atomic E-state index is 12.5. The molecule has 0 radical (unpaired) electrons. The Hall–Kier alpha value is -1.07. The molecule has 0 bridgehead atoms. The summed E-state index contributed by atoms with van der Waals surface area (Å²) in [6.45, 7) is 7.12. The Morgan fingerprint density at radius 1 is 1.25 bits per heavy atom. The summed E-state index contributed by atoms with van der Waals surface area (Å²) >= 11 is 0. The van der Waals surface area contributed by atoms with Crippen LogP contribution < -0.4 is 5.73 Å². The van der Waals surface area contributed by atoms with Gasteiger partial charge in [0.2, 0.25) is 0 Å². The van der Waals surface area contributed by atoms with Gasteiger partial charge in [0.05, 0.1) is 5.56 Å². The summed E-state index contributed by atoms with van der Waals surface area (Å²) < 4.78 is 37.5. The van der Waals surface area contributed by atoms with Gasteiger partial charge in [-0.2, -0.15) is 13.2 Å². The second kappa shape index (κ2) is 5.37. The molecule has 2 rings (SSSR count). The molecule has 2 nitrogen and oxygen atoms in total. The van der Waals surface area contributed by atoms with Gasteiger partial charge in [-0.1, -0.05) is 26.0 Å². The molecule has 1 heterocycles. The van der Waals surface area contributed by atoms with Gasteiger partial charge in [0.1, 0.15) is 0 Å². The molecule has 1 aromatic carbocycles. The van der Waals surface area contributed by atoms with E-state index in [0.29, 0.717) is 12.0 Å². The van der Waals surface area contributed by atoms with Crippen LogP contribution in [-0.4, -0.2) is 24.5 Å². The van der Waals surface area contributed by atoms with Crippen molar-refractivity contribution in [1.29, 1.82) is 0 Å². The van der Waals surface area contributed by atoms with Crippen LogP contribution in [0.3, 0.4) is 0 Å². The molecule has 1 aliphatic heterocycles. The number of rotatable bonds is 3. The Bertz CT molecular complexity index is 451. The fourth-order valence-electron chi connectivity index (χ4n) is 2.68. The van der Waals surface area contributed by atoms with E-state index in [0.717, 1.165) is 37.2 Å². The molecule has 112 valence electrons. The van der Waals surface area contributed by atoms with Crippen molar-refractivity contribution in [3.63, 3.8) is 0 Å². The van der Waals surface area contributed by atoms with Crippen LogP contribution in [0, 0.1) is 5.41 Å². The van der Waals surface area contributed by atoms with Gasteiger partial charge in [0.25, 0.3) is 0 Å². The van der Waals surface area contributed by atoms with E-state index < -0.39 is 11.7 Å². The quantitative estimate of drug-likeness (QED) is 0.922. The van der Waals surface area contributed by atoms with Crippen LogP contribution in [-0.2, 0) is 6.18 Å². The number of benzene rings is 1. The summed E-state index contributed by atoms with van der Waals surface area (Å²) in [5, 5.41) is 0.